The summed E-state index contributed by atoms with van der Waals surface area (Å²) in [7, 11) is 0. The van der Waals surface area contributed by atoms with Gasteiger partial charge in [-0.3, -0.25) is 4.98 Å². The third-order valence-electron chi connectivity index (χ3n) is 3.27. The molecule has 3 rings (SSSR count). The Labute approximate surface area is 121 Å². The molecule has 2 aromatic rings. The molecule has 0 aliphatic carbocycles. The van der Waals surface area contributed by atoms with E-state index in [9.17, 15) is 0 Å². The maximum absolute atomic E-state index is 5.66. The molecule has 0 fully saturated rings. The summed E-state index contributed by atoms with van der Waals surface area (Å²) in [6, 6.07) is 10.7. The molecule has 0 amide bonds. The Morgan fingerprint density at radius 2 is 2.21 bits per heavy atom. The summed E-state index contributed by atoms with van der Waals surface area (Å²) in [5.41, 5.74) is 2.43. The van der Waals surface area contributed by atoms with Gasteiger partial charge in [-0.05, 0) is 33.6 Å². The van der Waals surface area contributed by atoms with E-state index in [1.165, 1.54) is 11.1 Å². The molecular formula is C15H15BrN2O. The predicted molar refractivity (Wildman–Crippen MR) is 78.1 cm³/mol. The van der Waals surface area contributed by atoms with Crippen LogP contribution in [0.3, 0.4) is 0 Å². The minimum absolute atomic E-state index is 0.351. The standard InChI is InChI=1S/C15H15BrN2O/c16-12-7-11(8-17-10-12)9-18-14-5-6-19-15-4-2-1-3-13(14)15/h1-4,7-8,10,14,18H,5-6,9H2. The highest BCUT2D eigenvalue weighted by atomic mass is 79.9. The van der Waals surface area contributed by atoms with Gasteiger partial charge in [-0.25, -0.2) is 0 Å². The number of para-hydroxylation sites is 1. The minimum atomic E-state index is 0.351. The fraction of sp³-hybridized carbons (Fsp3) is 0.267. The highest BCUT2D eigenvalue weighted by Crippen LogP contribution is 2.31. The lowest BCUT2D eigenvalue weighted by atomic mass is 10.0. The van der Waals surface area contributed by atoms with Crippen LogP contribution in [0.1, 0.15) is 23.6 Å². The summed E-state index contributed by atoms with van der Waals surface area (Å²) in [5.74, 6) is 0.999. The molecule has 4 heteroatoms. The first kappa shape index (κ1) is 12.6. The topological polar surface area (TPSA) is 34.2 Å². The Kier molecular flexibility index (Phi) is 3.80. The van der Waals surface area contributed by atoms with Gasteiger partial charge in [-0.15, -0.1) is 0 Å². The molecule has 1 atom stereocenters. The van der Waals surface area contributed by atoms with Crippen LogP contribution in [0.25, 0.3) is 0 Å². The highest BCUT2D eigenvalue weighted by molar-refractivity contribution is 9.10. The molecule has 0 saturated heterocycles. The van der Waals surface area contributed by atoms with E-state index in [1.807, 2.05) is 18.3 Å². The molecule has 0 saturated carbocycles. The SMILES string of the molecule is Brc1cncc(CNC2CCOc3ccccc32)c1. The van der Waals surface area contributed by atoms with Gasteiger partial charge in [-0.1, -0.05) is 18.2 Å². The predicted octanol–water partition coefficient (Wildman–Crippen LogP) is 3.46. The van der Waals surface area contributed by atoms with Crippen molar-refractivity contribution in [3.05, 3.63) is 58.3 Å². The van der Waals surface area contributed by atoms with Crippen molar-refractivity contribution in [3.8, 4) is 5.75 Å². The zero-order chi connectivity index (χ0) is 13.1. The Morgan fingerprint density at radius 1 is 1.32 bits per heavy atom. The third-order valence-corrected chi connectivity index (χ3v) is 3.71. The van der Waals surface area contributed by atoms with E-state index in [1.54, 1.807) is 6.20 Å². The number of pyridine rings is 1. The van der Waals surface area contributed by atoms with Crippen molar-refractivity contribution in [3.63, 3.8) is 0 Å². The number of nitrogens with zero attached hydrogens (tertiary/aromatic N) is 1. The summed E-state index contributed by atoms with van der Waals surface area (Å²) in [5, 5.41) is 3.58. The van der Waals surface area contributed by atoms with Gasteiger partial charge in [0, 0.05) is 41.4 Å². The summed E-state index contributed by atoms with van der Waals surface area (Å²) in [4.78, 5) is 4.18. The average Bonchev–Trinajstić information content (AvgIpc) is 2.45. The molecule has 98 valence electrons. The lowest BCUT2D eigenvalue weighted by Gasteiger charge is -2.26. The number of fused-ring (bicyclic) bond motifs is 1. The fourth-order valence-corrected chi connectivity index (χ4v) is 2.76. The van der Waals surface area contributed by atoms with Crippen molar-refractivity contribution in [2.45, 2.75) is 19.0 Å². The van der Waals surface area contributed by atoms with Crippen molar-refractivity contribution < 1.29 is 4.74 Å². The molecule has 2 heterocycles. The summed E-state index contributed by atoms with van der Waals surface area (Å²) in [6.45, 7) is 1.58. The minimum Gasteiger partial charge on any atom is -0.493 e. The maximum Gasteiger partial charge on any atom is 0.124 e. The van der Waals surface area contributed by atoms with Crippen molar-refractivity contribution in [1.82, 2.24) is 10.3 Å². The van der Waals surface area contributed by atoms with Crippen molar-refractivity contribution >= 4 is 15.9 Å². The van der Waals surface area contributed by atoms with Gasteiger partial charge in [0.25, 0.3) is 0 Å². The maximum atomic E-state index is 5.66. The van der Waals surface area contributed by atoms with Crippen LogP contribution < -0.4 is 10.1 Å². The summed E-state index contributed by atoms with van der Waals surface area (Å²) in [6.07, 6.45) is 4.69. The van der Waals surface area contributed by atoms with Crippen LogP contribution in [-0.2, 0) is 6.54 Å². The van der Waals surface area contributed by atoms with Crippen LogP contribution in [-0.4, -0.2) is 11.6 Å². The highest BCUT2D eigenvalue weighted by Gasteiger charge is 2.20. The number of rotatable bonds is 3. The lowest BCUT2D eigenvalue weighted by Crippen LogP contribution is -2.26. The number of benzene rings is 1. The quantitative estimate of drug-likeness (QED) is 0.941. The second-order valence-corrected chi connectivity index (χ2v) is 5.54. The summed E-state index contributed by atoms with van der Waals surface area (Å²) < 4.78 is 6.68. The molecule has 1 aromatic heterocycles. The van der Waals surface area contributed by atoms with Gasteiger partial charge in [0.15, 0.2) is 0 Å². The van der Waals surface area contributed by atoms with Gasteiger partial charge in [-0.2, -0.15) is 0 Å². The third kappa shape index (κ3) is 2.96. The van der Waals surface area contributed by atoms with Crippen molar-refractivity contribution in [1.29, 1.82) is 0 Å². The molecule has 19 heavy (non-hydrogen) atoms. The number of ether oxygens (including phenoxy) is 1. The van der Waals surface area contributed by atoms with Crippen molar-refractivity contribution in [2.24, 2.45) is 0 Å². The molecule has 1 aliphatic rings. The molecule has 0 spiro atoms. The fourth-order valence-electron chi connectivity index (χ4n) is 2.35. The van der Waals surface area contributed by atoms with Gasteiger partial charge >= 0.3 is 0 Å². The zero-order valence-corrected chi connectivity index (χ0v) is 12.1. The van der Waals surface area contributed by atoms with Gasteiger partial charge in [0.2, 0.25) is 0 Å². The van der Waals surface area contributed by atoms with E-state index in [-0.39, 0.29) is 0 Å². The first-order chi connectivity index (χ1) is 9.33. The molecule has 0 radical (unpaired) electrons. The first-order valence-electron chi connectivity index (χ1n) is 6.37. The molecule has 1 aliphatic heterocycles. The number of hydrogen-bond donors (Lipinski definition) is 1. The van der Waals surface area contributed by atoms with E-state index < -0.39 is 0 Å². The van der Waals surface area contributed by atoms with Crippen LogP contribution >= 0.6 is 15.9 Å². The summed E-state index contributed by atoms with van der Waals surface area (Å²) >= 11 is 3.44. The molecule has 1 aromatic carbocycles. The molecule has 1 N–H and O–H groups in total. The second kappa shape index (κ2) is 5.72. The number of nitrogens with one attached hydrogen (secondary N) is 1. The van der Waals surface area contributed by atoms with Crippen LogP contribution in [0.5, 0.6) is 5.75 Å². The zero-order valence-electron chi connectivity index (χ0n) is 10.5. The van der Waals surface area contributed by atoms with Crippen molar-refractivity contribution in [2.75, 3.05) is 6.61 Å². The monoisotopic (exact) mass is 318 g/mol. The number of halogens is 1. The van der Waals surface area contributed by atoms with Gasteiger partial charge in [0.1, 0.15) is 5.75 Å². The molecular weight excluding hydrogens is 304 g/mol. The Bertz CT molecular complexity index is 574. The van der Waals surface area contributed by atoms with Gasteiger partial charge < -0.3 is 10.1 Å². The van der Waals surface area contributed by atoms with E-state index >= 15 is 0 Å². The second-order valence-electron chi connectivity index (χ2n) is 4.62. The van der Waals surface area contributed by atoms with E-state index in [4.69, 9.17) is 4.74 Å². The van der Waals surface area contributed by atoms with E-state index in [0.717, 1.165) is 29.8 Å². The molecule has 3 nitrogen and oxygen atoms in total. The normalized spacial score (nSPS) is 17.6. The van der Waals surface area contributed by atoms with Crippen LogP contribution in [0.15, 0.2) is 47.2 Å². The Hall–Kier alpha value is -1.39. The van der Waals surface area contributed by atoms with E-state index in [2.05, 4.69) is 44.4 Å². The molecule has 0 bridgehead atoms. The van der Waals surface area contributed by atoms with Crippen LogP contribution in [0.4, 0.5) is 0 Å². The Morgan fingerprint density at radius 3 is 3.11 bits per heavy atom. The van der Waals surface area contributed by atoms with Gasteiger partial charge in [0.05, 0.1) is 6.61 Å². The van der Waals surface area contributed by atoms with Crippen LogP contribution in [0.2, 0.25) is 0 Å². The number of hydrogen-bond acceptors (Lipinski definition) is 3. The Balaban J connectivity index is 1.71. The smallest absolute Gasteiger partial charge is 0.124 e. The number of aromatic nitrogens is 1. The first-order valence-corrected chi connectivity index (χ1v) is 7.17. The average molecular weight is 319 g/mol. The molecule has 1 unspecified atom stereocenters. The lowest BCUT2D eigenvalue weighted by molar-refractivity contribution is 0.252. The van der Waals surface area contributed by atoms with E-state index in [0.29, 0.717) is 6.04 Å². The van der Waals surface area contributed by atoms with Crippen LogP contribution in [0, 0.1) is 0 Å². The largest absolute Gasteiger partial charge is 0.493 e.